The highest BCUT2D eigenvalue weighted by atomic mass is 19.4. The molecule has 1 aliphatic heterocycles. The highest BCUT2D eigenvalue weighted by molar-refractivity contribution is 5.79. The molecule has 3 rings (SSSR count). The average Bonchev–Trinajstić information content (AvgIpc) is 3.05. The largest absolute Gasteiger partial charge is 0.419 e. The van der Waals surface area contributed by atoms with Gasteiger partial charge < -0.3 is 14.3 Å². The minimum Gasteiger partial charge on any atom is -0.361 e. The van der Waals surface area contributed by atoms with Crippen LogP contribution in [-0.4, -0.2) is 41.1 Å². The summed E-state index contributed by atoms with van der Waals surface area (Å²) in [5.41, 5.74) is -0.135. The summed E-state index contributed by atoms with van der Waals surface area (Å²) >= 11 is 0. The second-order valence-corrected chi connectivity index (χ2v) is 6.78. The molecule has 0 aliphatic carbocycles. The molecule has 2 aromatic heterocycles. The van der Waals surface area contributed by atoms with Gasteiger partial charge >= 0.3 is 6.18 Å². The van der Waals surface area contributed by atoms with Crippen molar-refractivity contribution in [3.05, 3.63) is 41.4 Å². The number of anilines is 1. The zero-order valence-corrected chi connectivity index (χ0v) is 15.2. The van der Waals surface area contributed by atoms with Crippen molar-refractivity contribution in [2.24, 2.45) is 5.92 Å². The fraction of sp³-hybridized carbons (Fsp3) is 0.500. The van der Waals surface area contributed by atoms with Gasteiger partial charge in [-0.15, -0.1) is 0 Å². The van der Waals surface area contributed by atoms with E-state index in [-0.39, 0.29) is 24.2 Å². The number of aromatic nitrogens is 2. The molecule has 1 amide bonds. The maximum absolute atomic E-state index is 13.3. The molecule has 2 aromatic rings. The first-order valence-corrected chi connectivity index (χ1v) is 8.70. The third kappa shape index (κ3) is 4.40. The third-order valence-electron chi connectivity index (χ3n) is 4.61. The van der Waals surface area contributed by atoms with E-state index in [1.807, 2.05) is 0 Å². The van der Waals surface area contributed by atoms with Crippen molar-refractivity contribution in [1.82, 2.24) is 15.0 Å². The van der Waals surface area contributed by atoms with Crippen molar-refractivity contribution in [2.75, 3.05) is 25.0 Å². The zero-order valence-electron chi connectivity index (χ0n) is 15.2. The van der Waals surface area contributed by atoms with Gasteiger partial charge in [-0.1, -0.05) is 5.16 Å². The van der Waals surface area contributed by atoms with Crippen LogP contribution in [0, 0.1) is 12.8 Å². The van der Waals surface area contributed by atoms with Crippen LogP contribution in [0.2, 0.25) is 0 Å². The van der Waals surface area contributed by atoms with Crippen molar-refractivity contribution in [3.8, 4) is 0 Å². The minimum atomic E-state index is -4.48. The average molecular weight is 382 g/mol. The van der Waals surface area contributed by atoms with Gasteiger partial charge in [0.1, 0.15) is 17.3 Å². The van der Waals surface area contributed by atoms with Crippen molar-refractivity contribution in [3.63, 3.8) is 0 Å². The lowest BCUT2D eigenvalue weighted by Gasteiger charge is -2.35. The van der Waals surface area contributed by atoms with Crippen LogP contribution in [0.15, 0.2) is 28.9 Å². The molecule has 1 fully saturated rings. The summed E-state index contributed by atoms with van der Waals surface area (Å²) in [4.78, 5) is 19.8. The predicted octanol–water partition coefficient (Wildman–Crippen LogP) is 3.27. The van der Waals surface area contributed by atoms with Gasteiger partial charge in [-0.2, -0.15) is 13.2 Å². The Hall–Kier alpha value is -2.58. The first-order valence-electron chi connectivity index (χ1n) is 8.70. The Labute approximate surface area is 154 Å². The standard InChI is InChI=1S/C18H21F3N4O2/c1-12-9-14(23-27-12)11-24(2)17(26)13-5-4-8-25(10-13)16-15(18(19,20)21)6-3-7-22-16/h3,6-7,9,13H,4-5,8,10-11H2,1-2H3/t13-/m1/s1. The number of hydrogen-bond acceptors (Lipinski definition) is 5. The predicted molar refractivity (Wildman–Crippen MR) is 91.9 cm³/mol. The van der Waals surface area contributed by atoms with Crippen molar-refractivity contribution < 1.29 is 22.5 Å². The second kappa shape index (κ2) is 7.58. The molecule has 0 radical (unpaired) electrons. The van der Waals surface area contributed by atoms with Gasteiger partial charge in [0.15, 0.2) is 0 Å². The summed E-state index contributed by atoms with van der Waals surface area (Å²) in [5.74, 6) is 0.0338. The van der Waals surface area contributed by atoms with E-state index >= 15 is 0 Å². The molecule has 27 heavy (non-hydrogen) atoms. The SMILES string of the molecule is Cc1cc(CN(C)C(=O)[C@@H]2CCCN(c3ncccc3C(F)(F)F)C2)no1. The van der Waals surface area contributed by atoms with E-state index in [0.717, 1.165) is 6.07 Å². The Balaban J connectivity index is 1.72. The van der Waals surface area contributed by atoms with Gasteiger partial charge in [0.25, 0.3) is 0 Å². The van der Waals surface area contributed by atoms with E-state index < -0.39 is 11.7 Å². The Morgan fingerprint density at radius 1 is 1.44 bits per heavy atom. The van der Waals surface area contributed by atoms with Crippen molar-refractivity contribution in [2.45, 2.75) is 32.5 Å². The normalized spacial score (nSPS) is 17.8. The highest BCUT2D eigenvalue weighted by Gasteiger charge is 2.37. The van der Waals surface area contributed by atoms with Gasteiger partial charge in [0.2, 0.25) is 5.91 Å². The summed E-state index contributed by atoms with van der Waals surface area (Å²) in [6.07, 6.45) is -1.88. The molecule has 0 bridgehead atoms. The molecule has 0 aromatic carbocycles. The van der Waals surface area contributed by atoms with Gasteiger partial charge in [-0.3, -0.25) is 4.79 Å². The van der Waals surface area contributed by atoms with Crippen molar-refractivity contribution in [1.29, 1.82) is 0 Å². The molecule has 1 atom stereocenters. The summed E-state index contributed by atoms with van der Waals surface area (Å²) in [6, 6.07) is 4.04. The van der Waals surface area contributed by atoms with Gasteiger partial charge in [0, 0.05) is 32.4 Å². The van der Waals surface area contributed by atoms with Crippen LogP contribution >= 0.6 is 0 Å². The van der Waals surface area contributed by atoms with Crippen LogP contribution in [0.25, 0.3) is 0 Å². The van der Waals surface area contributed by atoms with Crippen LogP contribution in [0.3, 0.4) is 0 Å². The molecule has 1 aliphatic rings. The zero-order chi connectivity index (χ0) is 19.6. The molecule has 0 spiro atoms. The molecule has 0 saturated carbocycles. The maximum Gasteiger partial charge on any atom is 0.419 e. The topological polar surface area (TPSA) is 62.5 Å². The van der Waals surface area contributed by atoms with E-state index in [0.29, 0.717) is 37.4 Å². The quantitative estimate of drug-likeness (QED) is 0.812. The van der Waals surface area contributed by atoms with E-state index in [4.69, 9.17) is 4.52 Å². The minimum absolute atomic E-state index is 0.114. The third-order valence-corrected chi connectivity index (χ3v) is 4.61. The smallest absolute Gasteiger partial charge is 0.361 e. The molecular weight excluding hydrogens is 361 g/mol. The number of alkyl halides is 3. The summed E-state index contributed by atoms with van der Waals surface area (Å²) in [6.45, 7) is 2.71. The summed E-state index contributed by atoms with van der Waals surface area (Å²) in [7, 11) is 1.66. The molecular formula is C18H21F3N4O2. The number of nitrogens with zero attached hydrogens (tertiary/aromatic N) is 4. The highest BCUT2D eigenvalue weighted by Crippen LogP contribution is 2.36. The number of amides is 1. The lowest BCUT2D eigenvalue weighted by atomic mass is 9.96. The molecule has 3 heterocycles. The maximum atomic E-state index is 13.3. The van der Waals surface area contributed by atoms with Gasteiger partial charge in [0.05, 0.1) is 18.0 Å². The number of aryl methyl sites for hydroxylation is 1. The molecule has 146 valence electrons. The molecule has 1 saturated heterocycles. The Bertz CT molecular complexity index is 806. The number of pyridine rings is 1. The van der Waals surface area contributed by atoms with E-state index in [9.17, 15) is 18.0 Å². The summed E-state index contributed by atoms with van der Waals surface area (Å²) < 4.78 is 44.8. The van der Waals surface area contributed by atoms with Crippen LogP contribution in [-0.2, 0) is 17.5 Å². The number of carbonyl (C=O) groups excluding carboxylic acids is 1. The number of rotatable bonds is 4. The van der Waals surface area contributed by atoms with E-state index in [1.165, 1.54) is 17.2 Å². The molecule has 0 unspecified atom stereocenters. The Kier molecular flexibility index (Phi) is 5.38. The Morgan fingerprint density at radius 3 is 2.89 bits per heavy atom. The number of hydrogen-bond donors (Lipinski definition) is 0. The Morgan fingerprint density at radius 2 is 2.22 bits per heavy atom. The first kappa shape index (κ1) is 19.2. The fourth-order valence-electron chi connectivity index (χ4n) is 3.37. The van der Waals surface area contributed by atoms with E-state index in [1.54, 1.807) is 24.9 Å². The van der Waals surface area contributed by atoms with Crippen LogP contribution < -0.4 is 4.90 Å². The fourth-order valence-corrected chi connectivity index (χ4v) is 3.37. The van der Waals surface area contributed by atoms with Crippen molar-refractivity contribution >= 4 is 11.7 Å². The lowest BCUT2D eigenvalue weighted by Crippen LogP contribution is -2.44. The van der Waals surface area contributed by atoms with Crippen LogP contribution in [0.4, 0.5) is 19.0 Å². The first-order chi connectivity index (χ1) is 12.8. The molecule has 6 nitrogen and oxygen atoms in total. The number of carbonyl (C=O) groups is 1. The van der Waals surface area contributed by atoms with E-state index in [2.05, 4.69) is 10.1 Å². The van der Waals surface area contributed by atoms with Gasteiger partial charge in [-0.25, -0.2) is 4.98 Å². The number of piperidine rings is 1. The summed E-state index contributed by atoms with van der Waals surface area (Å²) in [5, 5.41) is 3.87. The van der Waals surface area contributed by atoms with Crippen LogP contribution in [0.5, 0.6) is 0 Å². The molecule has 0 N–H and O–H groups in total. The van der Waals surface area contributed by atoms with Gasteiger partial charge in [-0.05, 0) is 31.9 Å². The lowest BCUT2D eigenvalue weighted by molar-refractivity contribution is -0.137. The number of halogens is 3. The molecule has 9 heteroatoms. The second-order valence-electron chi connectivity index (χ2n) is 6.78. The monoisotopic (exact) mass is 382 g/mol. The van der Waals surface area contributed by atoms with Crippen LogP contribution in [0.1, 0.15) is 29.9 Å².